The molecule has 116 valence electrons. The second kappa shape index (κ2) is 6.71. The molecule has 0 aliphatic rings. The molecule has 0 aliphatic carbocycles. The van der Waals surface area contributed by atoms with Gasteiger partial charge in [-0.2, -0.15) is 0 Å². The van der Waals surface area contributed by atoms with Gasteiger partial charge in [-0.25, -0.2) is 0 Å². The number of pyridine rings is 1. The zero-order chi connectivity index (χ0) is 16.2. The Bertz CT molecular complexity index is 616. The lowest BCUT2D eigenvalue weighted by atomic mass is 10.0. The summed E-state index contributed by atoms with van der Waals surface area (Å²) in [5.74, 6) is -0.371. The lowest BCUT2D eigenvalue weighted by Crippen LogP contribution is -2.38. The van der Waals surface area contributed by atoms with E-state index in [2.05, 4.69) is 4.98 Å². The minimum atomic E-state index is -0.650. The van der Waals surface area contributed by atoms with E-state index in [0.717, 1.165) is 16.7 Å². The van der Waals surface area contributed by atoms with Gasteiger partial charge in [-0.15, -0.1) is 0 Å². The molecule has 4 nitrogen and oxygen atoms in total. The summed E-state index contributed by atoms with van der Waals surface area (Å²) in [6, 6.07) is 11.2. The van der Waals surface area contributed by atoms with Gasteiger partial charge in [0.05, 0.1) is 0 Å². The Hall–Kier alpha value is -2.20. The first-order valence-electron chi connectivity index (χ1n) is 7.33. The number of esters is 1. The molecule has 1 aromatic heterocycles. The van der Waals surface area contributed by atoms with Crippen molar-refractivity contribution in [3.8, 4) is 11.1 Å². The molecule has 22 heavy (non-hydrogen) atoms. The Morgan fingerprint density at radius 3 is 2.41 bits per heavy atom. The number of carbonyl (C=O) groups excluding carboxylic acids is 1. The van der Waals surface area contributed by atoms with Crippen LogP contribution in [0.1, 0.15) is 26.3 Å². The highest BCUT2D eigenvalue weighted by Crippen LogP contribution is 2.19. The molecule has 0 fully saturated rings. The first-order chi connectivity index (χ1) is 10.3. The van der Waals surface area contributed by atoms with Crippen molar-refractivity contribution in [3.63, 3.8) is 0 Å². The predicted octanol–water partition coefficient (Wildman–Crippen LogP) is 2.96. The number of hydrogen-bond acceptors (Lipinski definition) is 4. The monoisotopic (exact) mass is 298 g/mol. The van der Waals surface area contributed by atoms with E-state index in [1.165, 1.54) is 0 Å². The third kappa shape index (κ3) is 4.67. The van der Waals surface area contributed by atoms with Gasteiger partial charge in [-0.1, -0.05) is 30.3 Å². The predicted molar refractivity (Wildman–Crippen MR) is 87.2 cm³/mol. The molecule has 0 amide bonds. The smallest absolute Gasteiger partial charge is 0.323 e. The van der Waals surface area contributed by atoms with Crippen LogP contribution < -0.4 is 5.73 Å². The Morgan fingerprint density at radius 1 is 1.18 bits per heavy atom. The van der Waals surface area contributed by atoms with Crippen molar-refractivity contribution < 1.29 is 9.53 Å². The number of nitrogens with two attached hydrogens (primary N) is 1. The summed E-state index contributed by atoms with van der Waals surface area (Å²) < 4.78 is 5.29. The molecule has 0 radical (unpaired) electrons. The molecule has 1 atom stereocenters. The van der Waals surface area contributed by atoms with Gasteiger partial charge in [0, 0.05) is 12.4 Å². The highest BCUT2D eigenvalue weighted by atomic mass is 16.6. The molecule has 0 spiro atoms. The largest absolute Gasteiger partial charge is 0.459 e. The second-order valence-electron chi connectivity index (χ2n) is 6.28. The number of rotatable bonds is 4. The number of hydrogen-bond donors (Lipinski definition) is 1. The summed E-state index contributed by atoms with van der Waals surface area (Å²) in [5, 5.41) is 0. The summed E-state index contributed by atoms with van der Waals surface area (Å²) in [5.41, 5.74) is 8.56. The summed E-state index contributed by atoms with van der Waals surface area (Å²) in [4.78, 5) is 16.0. The van der Waals surface area contributed by atoms with Crippen molar-refractivity contribution >= 4 is 5.97 Å². The van der Waals surface area contributed by atoms with Crippen LogP contribution >= 0.6 is 0 Å². The zero-order valence-electron chi connectivity index (χ0n) is 13.2. The van der Waals surface area contributed by atoms with Gasteiger partial charge < -0.3 is 10.5 Å². The van der Waals surface area contributed by atoms with E-state index in [1.807, 2.05) is 63.4 Å². The summed E-state index contributed by atoms with van der Waals surface area (Å²) in [7, 11) is 0. The SMILES string of the molecule is CC(C)(C)OC(=O)C(N)Cc1ccc(-c2cccnc2)cc1. The van der Waals surface area contributed by atoms with Crippen LogP contribution in [0.4, 0.5) is 0 Å². The normalized spacial score (nSPS) is 12.7. The van der Waals surface area contributed by atoms with Gasteiger partial charge >= 0.3 is 5.97 Å². The molecule has 1 heterocycles. The molecule has 4 heteroatoms. The van der Waals surface area contributed by atoms with Gasteiger partial charge in [0.1, 0.15) is 11.6 Å². The maximum atomic E-state index is 11.9. The minimum Gasteiger partial charge on any atom is -0.459 e. The van der Waals surface area contributed by atoms with E-state index in [-0.39, 0.29) is 5.97 Å². The highest BCUT2D eigenvalue weighted by molar-refractivity contribution is 5.76. The third-order valence-electron chi connectivity index (χ3n) is 3.11. The van der Waals surface area contributed by atoms with Crippen LogP contribution in [0, 0.1) is 0 Å². The van der Waals surface area contributed by atoms with E-state index in [4.69, 9.17) is 10.5 Å². The van der Waals surface area contributed by atoms with E-state index < -0.39 is 11.6 Å². The molecule has 0 saturated carbocycles. The Morgan fingerprint density at radius 2 is 1.86 bits per heavy atom. The molecule has 1 unspecified atom stereocenters. The zero-order valence-corrected chi connectivity index (χ0v) is 13.2. The number of aromatic nitrogens is 1. The number of benzene rings is 1. The Balaban J connectivity index is 2.01. The lowest BCUT2D eigenvalue weighted by Gasteiger charge is -2.22. The Labute approximate surface area is 131 Å². The van der Waals surface area contributed by atoms with Crippen LogP contribution in [-0.2, 0) is 16.0 Å². The van der Waals surface area contributed by atoms with Crippen LogP contribution in [0.15, 0.2) is 48.8 Å². The fraction of sp³-hybridized carbons (Fsp3) is 0.333. The number of nitrogens with zero attached hydrogens (tertiary/aromatic N) is 1. The van der Waals surface area contributed by atoms with Gasteiger partial charge in [-0.3, -0.25) is 9.78 Å². The molecule has 2 N–H and O–H groups in total. The van der Waals surface area contributed by atoms with Crippen molar-refractivity contribution in [1.29, 1.82) is 0 Å². The summed E-state index contributed by atoms with van der Waals surface area (Å²) >= 11 is 0. The standard InChI is InChI=1S/C18H22N2O2/c1-18(2,3)22-17(21)16(19)11-13-6-8-14(9-7-13)15-5-4-10-20-12-15/h4-10,12,16H,11,19H2,1-3H3. The molecule has 0 aliphatic heterocycles. The first-order valence-corrected chi connectivity index (χ1v) is 7.33. The fourth-order valence-corrected chi connectivity index (χ4v) is 2.08. The average Bonchev–Trinajstić information content (AvgIpc) is 2.47. The van der Waals surface area contributed by atoms with Gasteiger partial charge in [0.2, 0.25) is 0 Å². The van der Waals surface area contributed by atoms with Crippen LogP contribution in [-0.4, -0.2) is 22.6 Å². The van der Waals surface area contributed by atoms with Crippen molar-refractivity contribution in [2.45, 2.75) is 38.8 Å². The average molecular weight is 298 g/mol. The maximum absolute atomic E-state index is 11.9. The van der Waals surface area contributed by atoms with Crippen LogP contribution in [0.25, 0.3) is 11.1 Å². The minimum absolute atomic E-state index is 0.371. The van der Waals surface area contributed by atoms with Gasteiger partial charge in [0.15, 0.2) is 0 Å². The van der Waals surface area contributed by atoms with E-state index in [0.29, 0.717) is 6.42 Å². The molecule has 2 rings (SSSR count). The molecular formula is C18H22N2O2. The van der Waals surface area contributed by atoms with Gasteiger partial charge in [-0.05, 0) is 49.9 Å². The second-order valence-corrected chi connectivity index (χ2v) is 6.28. The number of carbonyl (C=O) groups is 1. The molecule has 1 aromatic carbocycles. The third-order valence-corrected chi connectivity index (χ3v) is 3.11. The van der Waals surface area contributed by atoms with Crippen molar-refractivity contribution in [2.24, 2.45) is 5.73 Å². The summed E-state index contributed by atoms with van der Waals surface area (Å²) in [6.45, 7) is 5.50. The lowest BCUT2D eigenvalue weighted by molar-refractivity contribution is -0.156. The maximum Gasteiger partial charge on any atom is 0.323 e. The first kappa shape index (κ1) is 16.2. The van der Waals surface area contributed by atoms with Crippen LogP contribution in [0.3, 0.4) is 0 Å². The van der Waals surface area contributed by atoms with Crippen LogP contribution in [0.5, 0.6) is 0 Å². The highest BCUT2D eigenvalue weighted by Gasteiger charge is 2.22. The van der Waals surface area contributed by atoms with Gasteiger partial charge in [0.25, 0.3) is 0 Å². The Kier molecular flexibility index (Phi) is 4.93. The summed E-state index contributed by atoms with van der Waals surface area (Å²) in [6.07, 6.45) is 4.03. The van der Waals surface area contributed by atoms with E-state index in [9.17, 15) is 4.79 Å². The van der Waals surface area contributed by atoms with E-state index >= 15 is 0 Å². The topological polar surface area (TPSA) is 65.2 Å². The molecule has 0 bridgehead atoms. The number of ether oxygens (including phenoxy) is 1. The van der Waals surface area contributed by atoms with Crippen molar-refractivity contribution in [3.05, 3.63) is 54.4 Å². The molecule has 2 aromatic rings. The van der Waals surface area contributed by atoms with Crippen LogP contribution in [0.2, 0.25) is 0 Å². The molecule has 0 saturated heterocycles. The quantitative estimate of drug-likeness (QED) is 0.881. The van der Waals surface area contributed by atoms with Crippen molar-refractivity contribution in [1.82, 2.24) is 4.98 Å². The van der Waals surface area contributed by atoms with E-state index in [1.54, 1.807) is 6.20 Å². The molecular weight excluding hydrogens is 276 g/mol. The van der Waals surface area contributed by atoms with Crippen molar-refractivity contribution in [2.75, 3.05) is 0 Å². The fourth-order valence-electron chi connectivity index (χ4n) is 2.08.